The van der Waals surface area contributed by atoms with E-state index >= 15 is 0 Å². The van der Waals surface area contributed by atoms with E-state index in [-0.39, 0.29) is 19.6 Å². The molecule has 1 aromatic rings. The van der Waals surface area contributed by atoms with Crippen LogP contribution in [0.2, 0.25) is 0 Å². The number of nitrogens with zero attached hydrogens (tertiary/aromatic N) is 2. The highest BCUT2D eigenvalue weighted by atomic mass is 19.4. The maximum atomic E-state index is 12.9. The van der Waals surface area contributed by atoms with Crippen molar-refractivity contribution < 1.29 is 22.4 Å². The molecule has 0 saturated heterocycles. The molecule has 1 N–H and O–H groups in total. The fourth-order valence-corrected chi connectivity index (χ4v) is 2.53. The molecule has 1 fully saturated rings. The summed E-state index contributed by atoms with van der Waals surface area (Å²) < 4.78 is 48.5. The highest BCUT2D eigenvalue weighted by Gasteiger charge is 2.45. The van der Waals surface area contributed by atoms with Gasteiger partial charge in [0.2, 0.25) is 0 Å². The van der Waals surface area contributed by atoms with Crippen LogP contribution in [0.3, 0.4) is 0 Å². The van der Waals surface area contributed by atoms with Crippen LogP contribution in [0.15, 0.2) is 4.52 Å². The lowest BCUT2D eigenvalue weighted by atomic mass is 9.84. The molecular weight excluding hydrogens is 275 g/mol. The molecule has 5 nitrogen and oxygen atoms in total. The Labute approximate surface area is 114 Å². The van der Waals surface area contributed by atoms with E-state index in [0.29, 0.717) is 24.6 Å². The molecule has 0 radical (unpaired) electrons. The SMILES string of the molecule is COCc1nc(CN[C@@H]2CCCC[C@@H]2C(F)(F)F)no1. The normalized spacial score (nSPS) is 24.0. The first-order valence-electron chi connectivity index (χ1n) is 6.61. The highest BCUT2D eigenvalue weighted by molar-refractivity contribution is 4.89. The van der Waals surface area contributed by atoms with Gasteiger partial charge in [-0.2, -0.15) is 18.2 Å². The average molecular weight is 293 g/mol. The summed E-state index contributed by atoms with van der Waals surface area (Å²) in [5.41, 5.74) is 0. The van der Waals surface area contributed by atoms with Gasteiger partial charge in [0.05, 0.1) is 12.5 Å². The lowest BCUT2D eigenvalue weighted by molar-refractivity contribution is -0.189. The monoisotopic (exact) mass is 293 g/mol. The largest absolute Gasteiger partial charge is 0.393 e. The fraction of sp³-hybridized carbons (Fsp3) is 0.833. The highest BCUT2D eigenvalue weighted by Crippen LogP contribution is 2.37. The summed E-state index contributed by atoms with van der Waals surface area (Å²) in [6.07, 6.45) is -2.01. The quantitative estimate of drug-likeness (QED) is 0.903. The number of rotatable bonds is 5. The van der Waals surface area contributed by atoms with Crippen LogP contribution >= 0.6 is 0 Å². The molecule has 8 heteroatoms. The van der Waals surface area contributed by atoms with Crippen molar-refractivity contribution in [3.63, 3.8) is 0 Å². The maximum absolute atomic E-state index is 12.9. The van der Waals surface area contributed by atoms with Gasteiger partial charge >= 0.3 is 6.18 Å². The van der Waals surface area contributed by atoms with Gasteiger partial charge in [0, 0.05) is 13.2 Å². The van der Waals surface area contributed by atoms with E-state index in [9.17, 15) is 13.2 Å². The lowest BCUT2D eigenvalue weighted by Crippen LogP contribution is -2.45. The second-order valence-corrected chi connectivity index (χ2v) is 4.96. The Kier molecular flexibility index (Phi) is 4.98. The zero-order valence-electron chi connectivity index (χ0n) is 11.2. The summed E-state index contributed by atoms with van der Waals surface area (Å²) in [4.78, 5) is 4.03. The van der Waals surface area contributed by atoms with Gasteiger partial charge in [-0.1, -0.05) is 18.0 Å². The molecule has 20 heavy (non-hydrogen) atoms. The Morgan fingerprint density at radius 2 is 2.10 bits per heavy atom. The van der Waals surface area contributed by atoms with Crippen LogP contribution in [0.4, 0.5) is 13.2 Å². The lowest BCUT2D eigenvalue weighted by Gasteiger charge is -2.33. The number of methoxy groups -OCH3 is 1. The van der Waals surface area contributed by atoms with Crippen molar-refractivity contribution in [1.82, 2.24) is 15.5 Å². The molecular formula is C12H18F3N3O2. The molecule has 1 aliphatic rings. The average Bonchev–Trinajstić information content (AvgIpc) is 2.84. The molecule has 0 bridgehead atoms. The van der Waals surface area contributed by atoms with Crippen molar-refractivity contribution in [1.29, 1.82) is 0 Å². The summed E-state index contributed by atoms with van der Waals surface area (Å²) in [6, 6.07) is -0.576. The zero-order chi connectivity index (χ0) is 14.6. The number of aromatic nitrogens is 2. The first-order chi connectivity index (χ1) is 9.50. The van der Waals surface area contributed by atoms with Gasteiger partial charge in [-0.25, -0.2) is 0 Å². The predicted molar refractivity (Wildman–Crippen MR) is 63.7 cm³/mol. The Hall–Kier alpha value is -1.15. The molecule has 0 amide bonds. The van der Waals surface area contributed by atoms with Gasteiger partial charge in [-0.3, -0.25) is 0 Å². The van der Waals surface area contributed by atoms with Crippen LogP contribution in [-0.4, -0.2) is 29.5 Å². The van der Waals surface area contributed by atoms with Gasteiger partial charge in [0.15, 0.2) is 5.82 Å². The number of ether oxygens (including phenoxy) is 1. The molecule has 0 aromatic carbocycles. The predicted octanol–water partition coefficient (Wildman–Crippen LogP) is 2.43. The van der Waals surface area contributed by atoms with E-state index in [1.165, 1.54) is 7.11 Å². The molecule has 0 spiro atoms. The first-order valence-corrected chi connectivity index (χ1v) is 6.61. The van der Waals surface area contributed by atoms with Gasteiger partial charge < -0.3 is 14.6 Å². The van der Waals surface area contributed by atoms with Crippen molar-refractivity contribution in [2.24, 2.45) is 5.92 Å². The third kappa shape index (κ3) is 3.92. The molecule has 1 saturated carbocycles. The van der Waals surface area contributed by atoms with Crippen molar-refractivity contribution in [2.75, 3.05) is 7.11 Å². The number of halogens is 3. The van der Waals surface area contributed by atoms with Crippen molar-refractivity contribution in [2.45, 2.75) is 51.1 Å². The summed E-state index contributed by atoms with van der Waals surface area (Å²) in [5.74, 6) is -0.620. The minimum atomic E-state index is -4.16. The molecule has 0 unspecified atom stereocenters. The van der Waals surface area contributed by atoms with Gasteiger partial charge in [-0.05, 0) is 12.8 Å². The molecule has 1 aliphatic carbocycles. The number of alkyl halides is 3. The number of hydrogen-bond acceptors (Lipinski definition) is 5. The second-order valence-electron chi connectivity index (χ2n) is 4.96. The van der Waals surface area contributed by atoms with Crippen LogP contribution in [0.5, 0.6) is 0 Å². The van der Waals surface area contributed by atoms with E-state index in [2.05, 4.69) is 15.5 Å². The second kappa shape index (κ2) is 6.53. The first kappa shape index (κ1) is 15.2. The van der Waals surface area contributed by atoms with Crippen LogP contribution in [0.1, 0.15) is 37.4 Å². The van der Waals surface area contributed by atoms with Crippen LogP contribution in [0, 0.1) is 5.92 Å². The maximum Gasteiger partial charge on any atom is 0.393 e. The number of hydrogen-bond donors (Lipinski definition) is 1. The van der Waals surface area contributed by atoms with E-state index in [1.54, 1.807) is 0 Å². The molecule has 1 aromatic heterocycles. The van der Waals surface area contributed by atoms with Crippen molar-refractivity contribution in [3.8, 4) is 0 Å². The molecule has 1 heterocycles. The van der Waals surface area contributed by atoms with Crippen molar-refractivity contribution >= 4 is 0 Å². The Morgan fingerprint density at radius 3 is 2.80 bits per heavy atom. The van der Waals surface area contributed by atoms with Gasteiger partial charge in [0.25, 0.3) is 5.89 Å². The van der Waals surface area contributed by atoms with E-state index in [4.69, 9.17) is 9.26 Å². The molecule has 114 valence electrons. The third-order valence-corrected chi connectivity index (χ3v) is 3.49. The molecule has 2 rings (SSSR count). The Balaban J connectivity index is 1.90. The Bertz CT molecular complexity index is 422. The van der Waals surface area contributed by atoms with Gasteiger partial charge in [0.1, 0.15) is 6.61 Å². The molecule has 2 atom stereocenters. The van der Waals surface area contributed by atoms with Crippen LogP contribution < -0.4 is 5.32 Å². The van der Waals surface area contributed by atoms with E-state index in [0.717, 1.165) is 6.42 Å². The summed E-state index contributed by atoms with van der Waals surface area (Å²) >= 11 is 0. The summed E-state index contributed by atoms with van der Waals surface area (Å²) in [6.45, 7) is 0.367. The summed E-state index contributed by atoms with van der Waals surface area (Å²) in [5, 5.41) is 6.60. The zero-order valence-corrected chi connectivity index (χ0v) is 11.2. The minimum absolute atomic E-state index is 0.171. The standard InChI is InChI=1S/C12H18F3N3O2/c1-19-7-11-17-10(18-20-11)6-16-9-5-3-2-4-8(9)12(13,14)15/h8-9,16H,2-7H2,1H3/t8-,9+/m0/s1. The third-order valence-electron chi connectivity index (χ3n) is 3.49. The topological polar surface area (TPSA) is 60.2 Å². The smallest absolute Gasteiger partial charge is 0.375 e. The van der Waals surface area contributed by atoms with Crippen molar-refractivity contribution in [3.05, 3.63) is 11.7 Å². The minimum Gasteiger partial charge on any atom is -0.375 e. The summed E-state index contributed by atoms with van der Waals surface area (Å²) in [7, 11) is 1.50. The van der Waals surface area contributed by atoms with Crippen LogP contribution in [0.25, 0.3) is 0 Å². The van der Waals surface area contributed by atoms with E-state index < -0.39 is 18.1 Å². The van der Waals surface area contributed by atoms with E-state index in [1.807, 2.05) is 0 Å². The Morgan fingerprint density at radius 1 is 1.35 bits per heavy atom. The van der Waals surface area contributed by atoms with Gasteiger partial charge in [-0.15, -0.1) is 0 Å². The number of nitrogens with one attached hydrogen (secondary N) is 1. The fourth-order valence-electron chi connectivity index (χ4n) is 2.53. The van der Waals surface area contributed by atoms with Crippen LogP contribution in [-0.2, 0) is 17.9 Å². The molecule has 0 aliphatic heterocycles.